The van der Waals surface area contributed by atoms with Crippen molar-refractivity contribution in [3.05, 3.63) is 34.2 Å². The molecule has 168 valence electrons. The summed E-state index contributed by atoms with van der Waals surface area (Å²) < 4.78 is 35.5. The van der Waals surface area contributed by atoms with E-state index in [1.165, 1.54) is 12.1 Å². The second-order valence-electron chi connectivity index (χ2n) is 6.68. The van der Waals surface area contributed by atoms with E-state index in [1.807, 2.05) is 0 Å². The number of unbranched alkanes of at least 4 members (excludes halogenated alkanes) is 1. The lowest BCUT2D eigenvalue weighted by Crippen LogP contribution is -2.44. The van der Waals surface area contributed by atoms with Crippen molar-refractivity contribution in [2.45, 2.75) is 44.7 Å². The van der Waals surface area contributed by atoms with Gasteiger partial charge in [0.2, 0.25) is 11.8 Å². The molecule has 1 fully saturated rings. The number of likely N-dealkylation sites (tertiary alicyclic amines) is 1. The van der Waals surface area contributed by atoms with Gasteiger partial charge < -0.3 is 14.6 Å². The lowest BCUT2D eigenvalue weighted by Gasteiger charge is -2.22. The molecule has 0 radical (unpaired) electrons. The number of nitrogens with one attached hydrogen (secondary N) is 1. The van der Waals surface area contributed by atoms with Gasteiger partial charge >= 0.3 is 16.4 Å². The number of hydrogen-bond donors (Lipinski definition) is 3. The molecule has 1 heterocycles. The van der Waals surface area contributed by atoms with Crippen LogP contribution in [-0.4, -0.2) is 53.3 Å². The number of aliphatic carboxylic acids is 1. The molecule has 1 aliphatic rings. The van der Waals surface area contributed by atoms with Crippen LogP contribution in [0.5, 0.6) is 5.75 Å². The van der Waals surface area contributed by atoms with Gasteiger partial charge in [0.05, 0.1) is 0 Å². The number of imide groups is 1. The molecule has 31 heavy (non-hydrogen) atoms. The van der Waals surface area contributed by atoms with Crippen molar-refractivity contribution in [3.63, 3.8) is 0 Å². The molecule has 0 saturated carbocycles. The zero-order valence-corrected chi connectivity index (χ0v) is 17.1. The number of rotatable bonds is 12. The van der Waals surface area contributed by atoms with Crippen LogP contribution in [-0.2, 0) is 31.3 Å². The average Bonchev–Trinajstić information content (AvgIpc) is 3.00. The predicted molar refractivity (Wildman–Crippen MR) is 105 cm³/mol. The third-order valence-electron chi connectivity index (χ3n) is 4.49. The maximum atomic E-state index is 11.7. The third-order valence-corrected chi connectivity index (χ3v) is 4.88. The molecule has 2 amide bonds. The molecule has 3 N–H and O–H groups in total. The highest BCUT2D eigenvalue weighted by Crippen LogP contribution is 2.26. The van der Waals surface area contributed by atoms with Crippen LogP contribution in [0.2, 0.25) is 0 Å². The standard InChI is InChI=1S/C17H21N5O8S/c18-21-20-12-5-4-11(14(9-12)30-31(27,28)29)10-19-8-2-1-3-13(17(25)26)22-15(23)6-7-16(22)24/h4-5,9,13,19H,1-3,6-8,10H2,(H,25,26)(H,27,28,29). The largest absolute Gasteiger partial charge is 0.480 e. The number of carbonyl (C=O) groups is 3. The highest BCUT2D eigenvalue weighted by Gasteiger charge is 2.38. The minimum Gasteiger partial charge on any atom is -0.480 e. The van der Waals surface area contributed by atoms with E-state index in [-0.39, 0.29) is 37.2 Å². The van der Waals surface area contributed by atoms with E-state index in [0.717, 1.165) is 11.0 Å². The second kappa shape index (κ2) is 10.7. The van der Waals surface area contributed by atoms with Gasteiger partial charge in [-0.05, 0) is 37.4 Å². The molecule has 2 rings (SSSR count). The molecule has 1 aromatic rings. The minimum atomic E-state index is -4.78. The molecule has 1 atom stereocenters. The van der Waals surface area contributed by atoms with Crippen LogP contribution in [0.25, 0.3) is 10.4 Å². The summed E-state index contributed by atoms with van der Waals surface area (Å²) >= 11 is 0. The molecule has 1 saturated heterocycles. The van der Waals surface area contributed by atoms with Crippen molar-refractivity contribution in [2.75, 3.05) is 6.54 Å². The summed E-state index contributed by atoms with van der Waals surface area (Å²) in [4.78, 5) is 38.3. The molecule has 13 nitrogen and oxygen atoms in total. The van der Waals surface area contributed by atoms with Crippen molar-refractivity contribution in [1.29, 1.82) is 0 Å². The third kappa shape index (κ3) is 7.22. The summed E-state index contributed by atoms with van der Waals surface area (Å²) in [6, 6.07) is 2.87. The van der Waals surface area contributed by atoms with E-state index in [0.29, 0.717) is 24.9 Å². The first kappa shape index (κ1) is 24.1. The number of hydrogen-bond acceptors (Lipinski definition) is 8. The summed E-state index contributed by atoms with van der Waals surface area (Å²) in [7, 11) is -4.78. The van der Waals surface area contributed by atoms with Crippen LogP contribution in [0.4, 0.5) is 5.69 Å². The summed E-state index contributed by atoms with van der Waals surface area (Å²) in [5, 5.41) is 15.7. The smallest absolute Gasteiger partial charge is 0.446 e. The molecular formula is C17H21N5O8S. The molecule has 14 heteroatoms. The van der Waals surface area contributed by atoms with E-state index < -0.39 is 34.2 Å². The Bertz CT molecular complexity index is 990. The van der Waals surface area contributed by atoms with Crippen LogP contribution in [0.3, 0.4) is 0 Å². The summed E-state index contributed by atoms with van der Waals surface area (Å²) in [5.74, 6) is -2.40. The lowest BCUT2D eigenvalue weighted by molar-refractivity contribution is -0.154. The topological polar surface area (TPSA) is 199 Å². The van der Waals surface area contributed by atoms with E-state index in [1.54, 1.807) is 0 Å². The SMILES string of the molecule is [N-]=[N+]=Nc1ccc(CNCCCCC(C(=O)O)N2C(=O)CCC2=O)c(OS(=O)(=O)O)c1. The fraction of sp³-hybridized carbons (Fsp3) is 0.471. The fourth-order valence-corrected chi connectivity index (χ4v) is 3.49. The van der Waals surface area contributed by atoms with E-state index in [4.69, 9.17) is 10.1 Å². The molecule has 1 aromatic carbocycles. The number of nitrogens with zero attached hydrogens (tertiary/aromatic N) is 4. The number of carboxylic acid groups (broad SMARTS) is 1. The van der Waals surface area contributed by atoms with Crippen LogP contribution < -0.4 is 9.50 Å². The van der Waals surface area contributed by atoms with Crippen LogP contribution in [0.15, 0.2) is 23.3 Å². The zero-order chi connectivity index (χ0) is 23.0. The first-order valence-corrected chi connectivity index (χ1v) is 10.6. The Kier molecular flexibility index (Phi) is 8.33. The van der Waals surface area contributed by atoms with Gasteiger partial charge in [-0.2, -0.15) is 8.42 Å². The van der Waals surface area contributed by atoms with Crippen molar-refractivity contribution in [3.8, 4) is 5.75 Å². The zero-order valence-electron chi connectivity index (χ0n) is 16.3. The van der Waals surface area contributed by atoms with Gasteiger partial charge in [-0.1, -0.05) is 17.2 Å². The number of azide groups is 1. The lowest BCUT2D eigenvalue weighted by atomic mass is 10.1. The summed E-state index contributed by atoms with van der Waals surface area (Å²) in [5.41, 5.74) is 8.93. The molecule has 0 aromatic heterocycles. The van der Waals surface area contributed by atoms with Crippen molar-refractivity contribution in [1.82, 2.24) is 10.2 Å². The van der Waals surface area contributed by atoms with Gasteiger partial charge in [-0.25, -0.2) is 4.79 Å². The van der Waals surface area contributed by atoms with Crippen molar-refractivity contribution in [2.24, 2.45) is 5.11 Å². The van der Waals surface area contributed by atoms with Crippen LogP contribution in [0, 0.1) is 0 Å². The predicted octanol–water partition coefficient (Wildman–Crippen LogP) is 1.67. The monoisotopic (exact) mass is 455 g/mol. The van der Waals surface area contributed by atoms with Gasteiger partial charge in [0, 0.05) is 35.5 Å². The van der Waals surface area contributed by atoms with E-state index >= 15 is 0 Å². The molecule has 1 aliphatic heterocycles. The fourth-order valence-electron chi connectivity index (χ4n) is 3.11. The van der Waals surface area contributed by atoms with Gasteiger partial charge in [0.1, 0.15) is 11.8 Å². The van der Waals surface area contributed by atoms with E-state index in [2.05, 4.69) is 19.5 Å². The second-order valence-corrected chi connectivity index (χ2v) is 7.70. The van der Waals surface area contributed by atoms with Gasteiger partial charge in [-0.15, -0.1) is 0 Å². The average molecular weight is 455 g/mol. The molecule has 1 unspecified atom stereocenters. The molecule has 0 spiro atoms. The Labute approximate surface area is 177 Å². The quantitative estimate of drug-likeness (QED) is 0.105. The number of amides is 2. The normalized spacial score (nSPS) is 14.9. The number of carbonyl (C=O) groups excluding carboxylic acids is 2. The maximum absolute atomic E-state index is 11.7. The first-order valence-electron chi connectivity index (χ1n) is 9.25. The first-order chi connectivity index (χ1) is 14.6. The van der Waals surface area contributed by atoms with Crippen LogP contribution >= 0.6 is 0 Å². The van der Waals surface area contributed by atoms with Gasteiger partial charge in [-0.3, -0.25) is 19.0 Å². The Morgan fingerprint density at radius 3 is 2.55 bits per heavy atom. The van der Waals surface area contributed by atoms with Gasteiger partial charge in [0.15, 0.2) is 0 Å². The van der Waals surface area contributed by atoms with E-state index in [9.17, 15) is 27.9 Å². The maximum Gasteiger partial charge on any atom is 0.446 e. The summed E-state index contributed by atoms with van der Waals surface area (Å²) in [6.45, 7) is 0.560. The minimum absolute atomic E-state index is 0.0244. The molecular weight excluding hydrogens is 434 g/mol. The van der Waals surface area contributed by atoms with Crippen molar-refractivity contribution >= 4 is 33.9 Å². The Morgan fingerprint density at radius 2 is 1.97 bits per heavy atom. The van der Waals surface area contributed by atoms with Crippen LogP contribution in [0.1, 0.15) is 37.7 Å². The Balaban J connectivity index is 1.88. The van der Waals surface area contributed by atoms with Crippen molar-refractivity contribution < 1.29 is 36.6 Å². The summed E-state index contributed by atoms with van der Waals surface area (Å²) in [6.07, 6.45) is 1.11. The Morgan fingerprint density at radius 1 is 1.29 bits per heavy atom. The van der Waals surface area contributed by atoms with Gasteiger partial charge in [0.25, 0.3) is 0 Å². The number of benzene rings is 1. The highest BCUT2D eigenvalue weighted by molar-refractivity contribution is 7.81. The molecule has 0 aliphatic carbocycles. The Hall–Kier alpha value is -3.19. The molecule has 0 bridgehead atoms. The number of carboxylic acids is 1. The highest BCUT2D eigenvalue weighted by atomic mass is 32.3.